The highest BCUT2D eigenvalue weighted by Gasteiger charge is 2.16. The third-order valence-electron chi connectivity index (χ3n) is 3.68. The molecular weight excluding hydrogens is 264 g/mol. The Kier molecular flexibility index (Phi) is 3.77. The summed E-state index contributed by atoms with van der Waals surface area (Å²) < 4.78 is 5.96. The normalized spacial score (nSPS) is 14.2. The van der Waals surface area contributed by atoms with E-state index in [0.717, 1.165) is 24.5 Å². The van der Waals surface area contributed by atoms with Crippen molar-refractivity contribution in [3.05, 3.63) is 54.1 Å². The minimum absolute atomic E-state index is 0.431. The SMILES string of the molecule is NC(=O)c1ccc(Oc2ccccc2N2CCCC2)cc1. The molecule has 2 N–H and O–H groups in total. The first-order valence-corrected chi connectivity index (χ1v) is 7.16. The topological polar surface area (TPSA) is 55.6 Å². The molecule has 2 aromatic carbocycles. The second-order valence-electron chi connectivity index (χ2n) is 5.15. The van der Waals surface area contributed by atoms with Gasteiger partial charge in [-0.15, -0.1) is 0 Å². The van der Waals surface area contributed by atoms with Crippen molar-refractivity contribution in [1.82, 2.24) is 0 Å². The molecule has 0 saturated carbocycles. The molecule has 0 radical (unpaired) electrons. The van der Waals surface area contributed by atoms with Gasteiger partial charge >= 0.3 is 0 Å². The number of amides is 1. The average molecular weight is 282 g/mol. The summed E-state index contributed by atoms with van der Waals surface area (Å²) in [6.45, 7) is 2.14. The van der Waals surface area contributed by atoms with Crippen LogP contribution in [0.3, 0.4) is 0 Å². The summed E-state index contributed by atoms with van der Waals surface area (Å²) in [6.07, 6.45) is 2.45. The van der Waals surface area contributed by atoms with Crippen molar-refractivity contribution >= 4 is 11.6 Å². The molecule has 0 spiro atoms. The van der Waals surface area contributed by atoms with Crippen LogP contribution < -0.4 is 15.4 Å². The molecule has 2 aromatic rings. The van der Waals surface area contributed by atoms with E-state index in [1.807, 2.05) is 18.2 Å². The molecule has 3 rings (SSSR count). The van der Waals surface area contributed by atoms with Gasteiger partial charge in [0.15, 0.2) is 5.75 Å². The van der Waals surface area contributed by atoms with Crippen molar-refractivity contribution in [2.24, 2.45) is 5.73 Å². The highest BCUT2D eigenvalue weighted by molar-refractivity contribution is 5.92. The fourth-order valence-electron chi connectivity index (χ4n) is 2.58. The highest BCUT2D eigenvalue weighted by atomic mass is 16.5. The van der Waals surface area contributed by atoms with Gasteiger partial charge in [0.05, 0.1) is 5.69 Å². The van der Waals surface area contributed by atoms with Crippen LogP contribution in [-0.2, 0) is 0 Å². The van der Waals surface area contributed by atoms with Crippen LogP contribution in [0, 0.1) is 0 Å². The zero-order valence-electron chi connectivity index (χ0n) is 11.8. The van der Waals surface area contributed by atoms with Crippen LogP contribution in [-0.4, -0.2) is 19.0 Å². The van der Waals surface area contributed by atoms with E-state index in [0.29, 0.717) is 11.3 Å². The Labute approximate surface area is 124 Å². The number of hydrogen-bond donors (Lipinski definition) is 1. The monoisotopic (exact) mass is 282 g/mol. The molecule has 1 heterocycles. The molecule has 1 amide bonds. The van der Waals surface area contributed by atoms with Crippen molar-refractivity contribution in [2.75, 3.05) is 18.0 Å². The number of nitrogens with zero attached hydrogens (tertiary/aromatic N) is 1. The summed E-state index contributed by atoms with van der Waals surface area (Å²) in [6, 6.07) is 14.9. The maximum atomic E-state index is 11.1. The van der Waals surface area contributed by atoms with Gasteiger partial charge in [0.1, 0.15) is 5.75 Å². The van der Waals surface area contributed by atoms with Crippen LogP contribution >= 0.6 is 0 Å². The predicted molar refractivity (Wildman–Crippen MR) is 82.9 cm³/mol. The van der Waals surface area contributed by atoms with Gasteiger partial charge in [0, 0.05) is 18.7 Å². The lowest BCUT2D eigenvalue weighted by Gasteiger charge is -2.21. The van der Waals surface area contributed by atoms with Crippen LogP contribution in [0.15, 0.2) is 48.5 Å². The third kappa shape index (κ3) is 2.99. The van der Waals surface area contributed by atoms with E-state index in [1.165, 1.54) is 12.8 Å². The van der Waals surface area contributed by atoms with Crippen LogP contribution in [0.25, 0.3) is 0 Å². The van der Waals surface area contributed by atoms with E-state index in [9.17, 15) is 4.79 Å². The molecular formula is C17H18N2O2. The third-order valence-corrected chi connectivity index (χ3v) is 3.68. The molecule has 21 heavy (non-hydrogen) atoms. The minimum Gasteiger partial charge on any atom is -0.455 e. The number of benzene rings is 2. The lowest BCUT2D eigenvalue weighted by molar-refractivity contribution is 0.100. The van der Waals surface area contributed by atoms with Gasteiger partial charge in [0.25, 0.3) is 0 Å². The van der Waals surface area contributed by atoms with E-state index >= 15 is 0 Å². The zero-order chi connectivity index (χ0) is 14.7. The molecule has 1 aliphatic heterocycles. The van der Waals surface area contributed by atoms with Gasteiger partial charge in [-0.1, -0.05) is 12.1 Å². The van der Waals surface area contributed by atoms with Crippen LogP contribution in [0.1, 0.15) is 23.2 Å². The summed E-state index contributed by atoms with van der Waals surface area (Å²) in [4.78, 5) is 13.4. The maximum Gasteiger partial charge on any atom is 0.248 e. The second kappa shape index (κ2) is 5.87. The van der Waals surface area contributed by atoms with Gasteiger partial charge in [-0.2, -0.15) is 0 Å². The van der Waals surface area contributed by atoms with Crippen LogP contribution in [0.5, 0.6) is 11.5 Å². The van der Waals surface area contributed by atoms with Gasteiger partial charge in [-0.25, -0.2) is 0 Å². The fraction of sp³-hybridized carbons (Fsp3) is 0.235. The molecule has 0 unspecified atom stereocenters. The van der Waals surface area contributed by atoms with Crippen molar-refractivity contribution in [3.63, 3.8) is 0 Å². The Hall–Kier alpha value is -2.49. The molecule has 4 nitrogen and oxygen atoms in total. The lowest BCUT2D eigenvalue weighted by atomic mass is 10.2. The standard InChI is InChI=1S/C17H18N2O2/c18-17(20)13-7-9-14(10-8-13)21-16-6-2-1-5-15(16)19-11-3-4-12-19/h1-2,5-10H,3-4,11-12H2,(H2,18,20). The number of carbonyl (C=O) groups is 1. The molecule has 1 aliphatic rings. The number of primary amides is 1. The summed E-state index contributed by atoms with van der Waals surface area (Å²) in [5, 5.41) is 0. The number of para-hydroxylation sites is 2. The quantitative estimate of drug-likeness (QED) is 0.937. The second-order valence-corrected chi connectivity index (χ2v) is 5.15. The Morgan fingerprint density at radius 2 is 1.67 bits per heavy atom. The zero-order valence-corrected chi connectivity index (χ0v) is 11.8. The van der Waals surface area contributed by atoms with Crippen molar-refractivity contribution in [1.29, 1.82) is 0 Å². The Balaban J connectivity index is 1.82. The van der Waals surface area contributed by atoms with Crippen molar-refractivity contribution < 1.29 is 9.53 Å². The molecule has 1 saturated heterocycles. The summed E-state index contributed by atoms with van der Waals surface area (Å²) in [7, 11) is 0. The Morgan fingerprint density at radius 3 is 2.33 bits per heavy atom. The summed E-state index contributed by atoms with van der Waals surface area (Å²) in [5.41, 5.74) is 6.84. The fourth-order valence-corrected chi connectivity index (χ4v) is 2.58. The lowest BCUT2D eigenvalue weighted by Crippen LogP contribution is -2.18. The molecule has 0 bridgehead atoms. The molecule has 1 fully saturated rings. The first-order chi connectivity index (χ1) is 10.2. The Morgan fingerprint density at radius 1 is 1.00 bits per heavy atom. The first kappa shape index (κ1) is 13.5. The molecule has 0 aromatic heterocycles. The van der Waals surface area contributed by atoms with Gasteiger partial charge < -0.3 is 15.4 Å². The van der Waals surface area contributed by atoms with E-state index < -0.39 is 5.91 Å². The maximum absolute atomic E-state index is 11.1. The van der Waals surface area contributed by atoms with Crippen LogP contribution in [0.4, 0.5) is 5.69 Å². The summed E-state index contributed by atoms with van der Waals surface area (Å²) >= 11 is 0. The molecule has 0 aliphatic carbocycles. The van der Waals surface area contributed by atoms with Crippen LogP contribution in [0.2, 0.25) is 0 Å². The van der Waals surface area contributed by atoms with Gasteiger partial charge in [-0.3, -0.25) is 4.79 Å². The van der Waals surface area contributed by atoms with Crippen molar-refractivity contribution in [3.8, 4) is 11.5 Å². The largest absolute Gasteiger partial charge is 0.455 e. The van der Waals surface area contributed by atoms with E-state index in [1.54, 1.807) is 24.3 Å². The average Bonchev–Trinajstić information content (AvgIpc) is 3.02. The number of carbonyl (C=O) groups excluding carboxylic acids is 1. The first-order valence-electron chi connectivity index (χ1n) is 7.16. The Bertz CT molecular complexity index is 631. The highest BCUT2D eigenvalue weighted by Crippen LogP contribution is 2.33. The van der Waals surface area contributed by atoms with E-state index in [-0.39, 0.29) is 0 Å². The van der Waals surface area contributed by atoms with Crippen molar-refractivity contribution in [2.45, 2.75) is 12.8 Å². The predicted octanol–water partition coefficient (Wildman–Crippen LogP) is 3.18. The number of nitrogens with two attached hydrogens (primary N) is 1. The van der Waals surface area contributed by atoms with E-state index in [2.05, 4.69) is 11.0 Å². The molecule has 0 atom stereocenters. The summed E-state index contributed by atoms with van der Waals surface area (Å²) in [5.74, 6) is 1.11. The molecule has 108 valence electrons. The number of rotatable bonds is 4. The minimum atomic E-state index is -0.431. The van der Waals surface area contributed by atoms with Gasteiger partial charge in [-0.05, 0) is 49.2 Å². The smallest absolute Gasteiger partial charge is 0.248 e. The number of ether oxygens (including phenoxy) is 1. The molecule has 4 heteroatoms. The number of hydrogen-bond acceptors (Lipinski definition) is 3. The van der Waals surface area contributed by atoms with E-state index in [4.69, 9.17) is 10.5 Å². The van der Waals surface area contributed by atoms with Gasteiger partial charge in [0.2, 0.25) is 5.91 Å². The number of anilines is 1.